The molecule has 0 saturated carbocycles. The van der Waals surface area contributed by atoms with Crippen molar-refractivity contribution in [2.45, 2.75) is 18.9 Å². The highest BCUT2D eigenvalue weighted by Gasteiger charge is 1.92. The van der Waals surface area contributed by atoms with Crippen LogP contribution in [0, 0.1) is 0 Å². The zero-order valence-electron chi connectivity index (χ0n) is 7.64. The molecule has 0 aromatic rings. The molecule has 0 aliphatic heterocycles. The Morgan fingerprint density at radius 3 is 3.00 bits per heavy atom. The summed E-state index contributed by atoms with van der Waals surface area (Å²) in [5.74, 6) is -0.0843. The number of nitrogens with one attached hydrogen (secondary N) is 1. The van der Waals surface area contributed by atoms with Gasteiger partial charge in [-0.05, 0) is 18.5 Å². The Labute approximate surface area is 76.1 Å². The molecule has 0 aromatic carbocycles. The lowest BCUT2D eigenvalue weighted by molar-refractivity contribution is -0.116. The molecule has 0 radical (unpaired) electrons. The minimum atomic E-state index is -0.264. The molecular formula is C8H17NO2Si. The Hall–Kier alpha value is -0.613. The van der Waals surface area contributed by atoms with Gasteiger partial charge < -0.3 is 9.74 Å². The number of rotatable bonds is 7. The van der Waals surface area contributed by atoms with E-state index in [1.807, 2.05) is 0 Å². The van der Waals surface area contributed by atoms with E-state index in [0.717, 1.165) is 19.4 Å². The number of carbonyl (C=O) groups excluding carboxylic acids is 1. The molecule has 0 rings (SSSR count). The summed E-state index contributed by atoms with van der Waals surface area (Å²) >= 11 is 0. The van der Waals surface area contributed by atoms with Gasteiger partial charge in [0.25, 0.3) is 0 Å². The first-order valence-electron chi connectivity index (χ1n) is 4.20. The van der Waals surface area contributed by atoms with Gasteiger partial charge in [-0.3, -0.25) is 4.79 Å². The Morgan fingerprint density at radius 2 is 2.42 bits per heavy atom. The van der Waals surface area contributed by atoms with Crippen LogP contribution < -0.4 is 5.32 Å². The maximum Gasteiger partial charge on any atom is 0.243 e. The third-order valence-electron chi connectivity index (χ3n) is 1.51. The van der Waals surface area contributed by atoms with Crippen molar-refractivity contribution < 1.29 is 9.22 Å². The number of amides is 1. The van der Waals surface area contributed by atoms with Crippen molar-refractivity contribution in [3.05, 3.63) is 12.7 Å². The number of hydrogen-bond donors (Lipinski definition) is 1. The molecule has 4 heteroatoms. The highest BCUT2D eigenvalue weighted by atomic mass is 28.2. The van der Waals surface area contributed by atoms with Crippen LogP contribution in [0.2, 0.25) is 6.04 Å². The second-order valence-electron chi connectivity index (χ2n) is 2.55. The summed E-state index contributed by atoms with van der Waals surface area (Å²) in [6.07, 6.45) is 3.48. The standard InChI is InChI=1S/C8H17NO2Si/c1-3-8(10)9-6-4-5-7-12-11-2/h3H,1,4-7,12H2,2H3,(H,9,10). The van der Waals surface area contributed by atoms with Crippen molar-refractivity contribution in [2.24, 2.45) is 0 Å². The summed E-state index contributed by atoms with van der Waals surface area (Å²) in [6, 6.07) is 1.19. The van der Waals surface area contributed by atoms with Gasteiger partial charge in [-0.2, -0.15) is 0 Å². The largest absolute Gasteiger partial charge is 0.427 e. The summed E-state index contributed by atoms with van der Waals surface area (Å²) in [5, 5.41) is 2.73. The molecule has 0 unspecified atom stereocenters. The molecule has 12 heavy (non-hydrogen) atoms. The van der Waals surface area contributed by atoms with Gasteiger partial charge in [0.05, 0.1) is 0 Å². The summed E-state index contributed by atoms with van der Waals surface area (Å²) in [6.45, 7) is 4.12. The fourth-order valence-corrected chi connectivity index (χ4v) is 1.68. The molecule has 0 aromatic heterocycles. The molecule has 0 heterocycles. The fourth-order valence-electron chi connectivity index (χ4n) is 0.832. The van der Waals surface area contributed by atoms with Gasteiger partial charge in [-0.15, -0.1) is 0 Å². The van der Waals surface area contributed by atoms with Crippen molar-refractivity contribution in [1.29, 1.82) is 0 Å². The van der Waals surface area contributed by atoms with Gasteiger partial charge in [-0.25, -0.2) is 0 Å². The Morgan fingerprint density at radius 1 is 1.67 bits per heavy atom. The molecule has 1 amide bonds. The first kappa shape index (κ1) is 11.4. The number of unbranched alkanes of at least 4 members (excludes halogenated alkanes) is 1. The Balaban J connectivity index is 3.00. The topological polar surface area (TPSA) is 38.3 Å². The average molecular weight is 187 g/mol. The van der Waals surface area contributed by atoms with E-state index in [1.165, 1.54) is 12.1 Å². The van der Waals surface area contributed by atoms with Gasteiger partial charge >= 0.3 is 0 Å². The van der Waals surface area contributed by atoms with Crippen LogP contribution in [0.1, 0.15) is 12.8 Å². The third kappa shape index (κ3) is 7.49. The molecule has 3 nitrogen and oxygen atoms in total. The van der Waals surface area contributed by atoms with Gasteiger partial charge in [0, 0.05) is 13.7 Å². The molecule has 0 spiro atoms. The van der Waals surface area contributed by atoms with Gasteiger partial charge in [0.1, 0.15) is 0 Å². The van der Waals surface area contributed by atoms with Crippen molar-refractivity contribution >= 4 is 15.7 Å². The molecule has 70 valence electrons. The quantitative estimate of drug-likeness (QED) is 0.352. The maximum absolute atomic E-state index is 10.7. The van der Waals surface area contributed by atoms with E-state index < -0.39 is 0 Å². The second-order valence-corrected chi connectivity index (χ2v) is 4.24. The van der Waals surface area contributed by atoms with Crippen LogP contribution in [-0.2, 0) is 9.22 Å². The highest BCUT2D eigenvalue weighted by molar-refractivity contribution is 6.26. The van der Waals surface area contributed by atoms with Crippen LogP contribution in [0.4, 0.5) is 0 Å². The van der Waals surface area contributed by atoms with Gasteiger partial charge in [0.2, 0.25) is 5.91 Å². The highest BCUT2D eigenvalue weighted by Crippen LogP contribution is 1.93. The van der Waals surface area contributed by atoms with Crippen LogP contribution in [0.3, 0.4) is 0 Å². The van der Waals surface area contributed by atoms with Crippen LogP contribution >= 0.6 is 0 Å². The zero-order valence-corrected chi connectivity index (χ0v) is 9.05. The molecule has 0 fully saturated rings. The zero-order chi connectivity index (χ0) is 9.23. The summed E-state index contributed by atoms with van der Waals surface area (Å²) in [7, 11) is 1.49. The normalized spacial score (nSPS) is 10.4. The van der Waals surface area contributed by atoms with Crippen LogP contribution in [0.5, 0.6) is 0 Å². The van der Waals surface area contributed by atoms with Crippen LogP contribution in [0.25, 0.3) is 0 Å². The Kier molecular flexibility index (Phi) is 8.05. The van der Waals surface area contributed by atoms with E-state index in [9.17, 15) is 4.79 Å². The Bertz CT molecular complexity index is 139. The predicted molar refractivity (Wildman–Crippen MR) is 52.8 cm³/mol. The first-order valence-corrected chi connectivity index (χ1v) is 5.78. The van der Waals surface area contributed by atoms with Gasteiger partial charge in [0.15, 0.2) is 9.76 Å². The maximum atomic E-state index is 10.7. The number of carbonyl (C=O) groups is 1. The predicted octanol–water partition coefficient (Wildman–Crippen LogP) is 0.217. The van der Waals surface area contributed by atoms with Crippen molar-refractivity contribution in [3.63, 3.8) is 0 Å². The smallest absolute Gasteiger partial charge is 0.243 e. The van der Waals surface area contributed by atoms with Gasteiger partial charge in [-0.1, -0.05) is 13.0 Å². The SMILES string of the molecule is C=CC(=O)NCCCC[SiH2]OC. The average Bonchev–Trinajstić information content (AvgIpc) is 2.10. The lowest BCUT2D eigenvalue weighted by Crippen LogP contribution is -2.21. The molecule has 0 aliphatic rings. The molecule has 0 bridgehead atoms. The van der Waals surface area contributed by atoms with E-state index >= 15 is 0 Å². The third-order valence-corrected chi connectivity index (χ3v) is 2.71. The lowest BCUT2D eigenvalue weighted by Gasteiger charge is -2.00. The first-order chi connectivity index (χ1) is 5.81. The monoisotopic (exact) mass is 187 g/mol. The van der Waals surface area contributed by atoms with Crippen molar-refractivity contribution in [1.82, 2.24) is 5.32 Å². The fraction of sp³-hybridized carbons (Fsp3) is 0.625. The molecule has 0 atom stereocenters. The summed E-state index contributed by atoms with van der Waals surface area (Å²) < 4.78 is 5.03. The van der Waals surface area contributed by atoms with Crippen molar-refractivity contribution in [3.8, 4) is 0 Å². The molecule has 0 saturated heterocycles. The minimum Gasteiger partial charge on any atom is -0.427 e. The lowest BCUT2D eigenvalue weighted by atomic mass is 10.3. The molecular weight excluding hydrogens is 170 g/mol. The van der Waals surface area contributed by atoms with E-state index in [0.29, 0.717) is 0 Å². The van der Waals surface area contributed by atoms with E-state index in [4.69, 9.17) is 4.43 Å². The van der Waals surface area contributed by atoms with Crippen molar-refractivity contribution in [2.75, 3.05) is 13.7 Å². The van der Waals surface area contributed by atoms with Crippen LogP contribution in [-0.4, -0.2) is 29.3 Å². The second kappa shape index (κ2) is 8.48. The van der Waals surface area contributed by atoms with Crippen LogP contribution in [0.15, 0.2) is 12.7 Å². The summed E-state index contributed by atoms with van der Waals surface area (Å²) in [4.78, 5) is 10.7. The number of hydrogen-bond acceptors (Lipinski definition) is 2. The van der Waals surface area contributed by atoms with E-state index in [2.05, 4.69) is 11.9 Å². The molecule has 1 N–H and O–H groups in total. The van der Waals surface area contributed by atoms with E-state index in [1.54, 1.807) is 7.11 Å². The van der Waals surface area contributed by atoms with E-state index in [-0.39, 0.29) is 15.7 Å². The minimum absolute atomic E-state index is 0.0843. The summed E-state index contributed by atoms with van der Waals surface area (Å²) in [5.41, 5.74) is 0. The molecule has 0 aliphatic carbocycles.